The van der Waals surface area contributed by atoms with Crippen molar-refractivity contribution in [2.75, 3.05) is 19.5 Å². The molecule has 0 fully saturated rings. The maximum absolute atomic E-state index is 11.1. The van der Waals surface area contributed by atoms with E-state index in [2.05, 4.69) is 10.1 Å². The summed E-state index contributed by atoms with van der Waals surface area (Å²) in [6.45, 7) is 0. The van der Waals surface area contributed by atoms with Gasteiger partial charge < -0.3 is 15.2 Å². The molecule has 0 aliphatic rings. The van der Waals surface area contributed by atoms with Gasteiger partial charge in [-0.15, -0.1) is 0 Å². The summed E-state index contributed by atoms with van der Waals surface area (Å²) in [6, 6.07) is 4.64. The van der Waals surface area contributed by atoms with Gasteiger partial charge in [0.25, 0.3) is 0 Å². The molecule has 0 unspecified atom stereocenters. The fraction of sp³-hybridized carbons (Fsp3) is 0.222. The molecule has 4 heteroatoms. The summed E-state index contributed by atoms with van der Waals surface area (Å²) < 4.78 is 4.49. The number of anilines is 1. The first-order valence-electron chi connectivity index (χ1n) is 3.78. The largest absolute Gasteiger partial charge is 0.507 e. The third-order valence-corrected chi connectivity index (χ3v) is 1.69. The van der Waals surface area contributed by atoms with Gasteiger partial charge in [-0.3, -0.25) is 0 Å². The highest BCUT2D eigenvalue weighted by Gasteiger charge is 2.11. The summed E-state index contributed by atoms with van der Waals surface area (Å²) in [5.41, 5.74) is 0.910. The van der Waals surface area contributed by atoms with Crippen LogP contribution < -0.4 is 5.32 Å². The van der Waals surface area contributed by atoms with Gasteiger partial charge in [-0.05, 0) is 18.2 Å². The van der Waals surface area contributed by atoms with Crippen LogP contribution in [0.15, 0.2) is 18.2 Å². The van der Waals surface area contributed by atoms with Crippen molar-refractivity contribution in [2.24, 2.45) is 0 Å². The van der Waals surface area contributed by atoms with Crippen LogP contribution in [0.3, 0.4) is 0 Å². The number of esters is 1. The van der Waals surface area contributed by atoms with Gasteiger partial charge in [0.1, 0.15) is 11.3 Å². The van der Waals surface area contributed by atoms with Gasteiger partial charge in [0.15, 0.2) is 0 Å². The minimum atomic E-state index is -0.547. The van der Waals surface area contributed by atoms with Crippen molar-refractivity contribution in [1.29, 1.82) is 0 Å². The van der Waals surface area contributed by atoms with Crippen LogP contribution in [0, 0.1) is 0 Å². The Labute approximate surface area is 76.1 Å². The predicted octanol–water partition coefficient (Wildman–Crippen LogP) is 1.22. The van der Waals surface area contributed by atoms with E-state index in [0.29, 0.717) is 0 Å². The van der Waals surface area contributed by atoms with E-state index in [4.69, 9.17) is 0 Å². The minimum absolute atomic E-state index is 0.0779. The van der Waals surface area contributed by atoms with Crippen LogP contribution in [0.4, 0.5) is 5.69 Å². The van der Waals surface area contributed by atoms with Gasteiger partial charge in [0, 0.05) is 12.7 Å². The summed E-state index contributed by atoms with van der Waals surface area (Å²) in [4.78, 5) is 11.1. The lowest BCUT2D eigenvalue weighted by Gasteiger charge is -2.05. The molecular weight excluding hydrogens is 170 g/mol. The Morgan fingerprint density at radius 2 is 2.23 bits per heavy atom. The van der Waals surface area contributed by atoms with Crippen LogP contribution in [-0.4, -0.2) is 25.2 Å². The lowest BCUT2D eigenvalue weighted by molar-refractivity contribution is 0.0597. The van der Waals surface area contributed by atoms with E-state index >= 15 is 0 Å². The number of hydrogen-bond donors (Lipinski definition) is 2. The number of benzene rings is 1. The van der Waals surface area contributed by atoms with Crippen molar-refractivity contribution in [2.45, 2.75) is 0 Å². The molecule has 1 aromatic carbocycles. The van der Waals surface area contributed by atoms with Crippen LogP contribution in [0.5, 0.6) is 5.75 Å². The second-order valence-corrected chi connectivity index (χ2v) is 2.47. The number of ether oxygens (including phenoxy) is 1. The minimum Gasteiger partial charge on any atom is -0.507 e. The topological polar surface area (TPSA) is 58.6 Å². The van der Waals surface area contributed by atoms with Gasteiger partial charge in [-0.1, -0.05) is 0 Å². The number of carbonyl (C=O) groups is 1. The van der Waals surface area contributed by atoms with E-state index in [1.54, 1.807) is 13.1 Å². The molecular formula is C9H11NO3. The molecule has 0 atom stereocenters. The van der Waals surface area contributed by atoms with E-state index in [-0.39, 0.29) is 11.3 Å². The average Bonchev–Trinajstić information content (AvgIpc) is 2.17. The summed E-state index contributed by atoms with van der Waals surface area (Å²) in [5.74, 6) is -0.625. The Kier molecular flexibility index (Phi) is 2.74. The van der Waals surface area contributed by atoms with E-state index in [1.165, 1.54) is 19.2 Å². The van der Waals surface area contributed by atoms with Gasteiger partial charge in [0.05, 0.1) is 7.11 Å². The van der Waals surface area contributed by atoms with E-state index < -0.39 is 5.97 Å². The van der Waals surface area contributed by atoms with Gasteiger partial charge >= 0.3 is 5.97 Å². The number of carbonyl (C=O) groups excluding carboxylic acids is 1. The molecule has 13 heavy (non-hydrogen) atoms. The standard InChI is InChI=1S/C9H11NO3/c1-10-6-3-4-8(11)7(5-6)9(12)13-2/h3-5,10-11H,1-2H3. The van der Waals surface area contributed by atoms with E-state index in [9.17, 15) is 9.90 Å². The number of aromatic hydroxyl groups is 1. The Morgan fingerprint density at radius 1 is 1.54 bits per heavy atom. The first kappa shape index (κ1) is 9.38. The summed E-state index contributed by atoms with van der Waals surface area (Å²) >= 11 is 0. The molecule has 0 spiro atoms. The highest BCUT2D eigenvalue weighted by atomic mass is 16.5. The van der Waals surface area contributed by atoms with Crippen molar-refractivity contribution in [3.05, 3.63) is 23.8 Å². The number of hydrogen-bond acceptors (Lipinski definition) is 4. The second-order valence-electron chi connectivity index (χ2n) is 2.47. The highest BCUT2D eigenvalue weighted by molar-refractivity contribution is 5.93. The quantitative estimate of drug-likeness (QED) is 0.532. The third kappa shape index (κ3) is 1.90. The zero-order valence-electron chi connectivity index (χ0n) is 7.50. The van der Waals surface area contributed by atoms with Crippen molar-refractivity contribution >= 4 is 11.7 Å². The summed E-state index contributed by atoms with van der Waals surface area (Å²) in [6.07, 6.45) is 0. The van der Waals surface area contributed by atoms with E-state index in [0.717, 1.165) is 5.69 Å². The molecule has 70 valence electrons. The van der Waals surface area contributed by atoms with Gasteiger partial charge in [-0.2, -0.15) is 0 Å². The molecule has 0 radical (unpaired) electrons. The van der Waals surface area contributed by atoms with Crippen LogP contribution in [-0.2, 0) is 4.74 Å². The first-order chi connectivity index (χ1) is 6.19. The van der Waals surface area contributed by atoms with Crippen molar-refractivity contribution in [3.8, 4) is 5.75 Å². The number of phenolic OH excluding ortho intramolecular Hbond substituents is 1. The maximum atomic E-state index is 11.1. The van der Waals surface area contributed by atoms with Crippen LogP contribution in [0.25, 0.3) is 0 Å². The number of rotatable bonds is 2. The molecule has 0 heterocycles. The van der Waals surface area contributed by atoms with Crippen LogP contribution >= 0.6 is 0 Å². The van der Waals surface area contributed by atoms with Crippen molar-refractivity contribution in [1.82, 2.24) is 0 Å². The molecule has 0 saturated heterocycles. The second kappa shape index (κ2) is 3.80. The fourth-order valence-corrected chi connectivity index (χ4v) is 0.965. The van der Waals surface area contributed by atoms with E-state index in [1.807, 2.05) is 0 Å². The lowest BCUT2D eigenvalue weighted by Crippen LogP contribution is -2.02. The first-order valence-corrected chi connectivity index (χ1v) is 3.78. The van der Waals surface area contributed by atoms with Crippen LogP contribution in [0.2, 0.25) is 0 Å². The van der Waals surface area contributed by atoms with Crippen LogP contribution in [0.1, 0.15) is 10.4 Å². The molecule has 0 aliphatic heterocycles. The Bertz CT molecular complexity index is 323. The number of phenols is 1. The van der Waals surface area contributed by atoms with Gasteiger partial charge in [-0.25, -0.2) is 4.79 Å². The normalized spacial score (nSPS) is 9.38. The predicted molar refractivity (Wildman–Crippen MR) is 49.0 cm³/mol. The number of nitrogens with one attached hydrogen (secondary N) is 1. The smallest absolute Gasteiger partial charge is 0.341 e. The fourth-order valence-electron chi connectivity index (χ4n) is 0.965. The van der Waals surface area contributed by atoms with Crippen molar-refractivity contribution in [3.63, 3.8) is 0 Å². The zero-order valence-corrected chi connectivity index (χ0v) is 7.50. The molecule has 0 aromatic heterocycles. The Hall–Kier alpha value is -1.71. The summed E-state index contributed by atoms with van der Waals surface area (Å²) in [5, 5.41) is 12.2. The maximum Gasteiger partial charge on any atom is 0.341 e. The molecule has 0 bridgehead atoms. The molecule has 4 nitrogen and oxygen atoms in total. The lowest BCUT2D eigenvalue weighted by atomic mass is 10.2. The molecule has 0 saturated carbocycles. The Balaban J connectivity index is 3.11. The zero-order chi connectivity index (χ0) is 9.84. The highest BCUT2D eigenvalue weighted by Crippen LogP contribution is 2.21. The average molecular weight is 181 g/mol. The summed E-state index contributed by atoms with van der Waals surface area (Å²) in [7, 11) is 3.00. The number of methoxy groups -OCH3 is 1. The third-order valence-electron chi connectivity index (χ3n) is 1.69. The molecule has 1 rings (SSSR count). The van der Waals surface area contributed by atoms with Crippen molar-refractivity contribution < 1.29 is 14.6 Å². The van der Waals surface area contributed by atoms with Gasteiger partial charge in [0.2, 0.25) is 0 Å². The molecule has 0 aliphatic carbocycles. The SMILES string of the molecule is CNc1ccc(O)c(C(=O)OC)c1. The molecule has 1 aromatic rings. The monoisotopic (exact) mass is 181 g/mol. The molecule has 2 N–H and O–H groups in total. The Morgan fingerprint density at radius 3 is 2.77 bits per heavy atom. The molecule has 0 amide bonds.